The van der Waals surface area contributed by atoms with E-state index in [0.29, 0.717) is 5.13 Å². The molecule has 7 heteroatoms. The fraction of sp³-hybridized carbons (Fsp3) is 0.308. The van der Waals surface area contributed by atoms with Gasteiger partial charge in [0.25, 0.3) is 5.91 Å². The Labute approximate surface area is 120 Å². The van der Waals surface area contributed by atoms with E-state index in [4.69, 9.17) is 4.74 Å². The van der Waals surface area contributed by atoms with E-state index in [1.807, 2.05) is 13.8 Å². The van der Waals surface area contributed by atoms with Crippen molar-refractivity contribution in [2.24, 2.45) is 0 Å². The van der Waals surface area contributed by atoms with E-state index < -0.39 is 0 Å². The number of phenols is 1. The molecular formula is C13H15N3O3S. The van der Waals surface area contributed by atoms with Gasteiger partial charge in [0.15, 0.2) is 18.1 Å². The highest BCUT2D eigenvalue weighted by Crippen LogP contribution is 2.25. The molecule has 2 aromatic rings. The number of benzene rings is 1. The van der Waals surface area contributed by atoms with Crippen molar-refractivity contribution in [3.05, 3.63) is 29.3 Å². The molecular weight excluding hydrogens is 278 g/mol. The van der Waals surface area contributed by atoms with Crippen LogP contribution < -0.4 is 10.1 Å². The molecule has 106 valence electrons. The number of hydrogen-bond donors (Lipinski definition) is 2. The molecule has 0 unspecified atom stereocenters. The van der Waals surface area contributed by atoms with E-state index >= 15 is 0 Å². The molecule has 2 rings (SSSR count). The number of amides is 1. The first-order valence-electron chi connectivity index (χ1n) is 6.10. The lowest BCUT2D eigenvalue weighted by Gasteiger charge is -2.06. The van der Waals surface area contributed by atoms with Gasteiger partial charge in [-0.1, -0.05) is 37.3 Å². The highest BCUT2D eigenvalue weighted by molar-refractivity contribution is 7.15. The summed E-state index contributed by atoms with van der Waals surface area (Å²) >= 11 is 1.34. The van der Waals surface area contributed by atoms with Crippen LogP contribution in [-0.2, 0) is 4.79 Å². The minimum atomic E-state index is -0.347. The van der Waals surface area contributed by atoms with Crippen molar-refractivity contribution < 1.29 is 14.6 Å². The molecule has 1 aromatic carbocycles. The molecule has 0 saturated heterocycles. The van der Waals surface area contributed by atoms with Gasteiger partial charge in [0.05, 0.1) is 0 Å². The van der Waals surface area contributed by atoms with E-state index in [1.165, 1.54) is 17.4 Å². The van der Waals surface area contributed by atoms with Gasteiger partial charge in [0, 0.05) is 5.92 Å². The van der Waals surface area contributed by atoms with Crippen molar-refractivity contribution in [3.63, 3.8) is 0 Å². The molecule has 2 N–H and O–H groups in total. The second-order valence-electron chi connectivity index (χ2n) is 4.40. The zero-order chi connectivity index (χ0) is 14.5. The number of ether oxygens (including phenoxy) is 1. The molecule has 0 aliphatic carbocycles. The van der Waals surface area contributed by atoms with Gasteiger partial charge in [-0.2, -0.15) is 0 Å². The second-order valence-corrected chi connectivity index (χ2v) is 5.41. The Morgan fingerprint density at radius 3 is 2.80 bits per heavy atom. The highest BCUT2D eigenvalue weighted by atomic mass is 32.1. The van der Waals surface area contributed by atoms with E-state index in [1.54, 1.807) is 18.2 Å². The highest BCUT2D eigenvalue weighted by Gasteiger charge is 2.11. The van der Waals surface area contributed by atoms with E-state index in [-0.39, 0.29) is 29.9 Å². The second kappa shape index (κ2) is 6.33. The molecule has 0 saturated carbocycles. The molecule has 0 atom stereocenters. The molecule has 6 nitrogen and oxygen atoms in total. The van der Waals surface area contributed by atoms with Crippen LogP contribution in [0.15, 0.2) is 24.3 Å². The average Bonchev–Trinajstić information content (AvgIpc) is 2.86. The lowest BCUT2D eigenvalue weighted by Crippen LogP contribution is -2.20. The molecule has 0 spiro atoms. The van der Waals surface area contributed by atoms with Crippen LogP contribution in [0.5, 0.6) is 11.5 Å². The number of para-hydroxylation sites is 2. The van der Waals surface area contributed by atoms with Crippen molar-refractivity contribution in [1.29, 1.82) is 0 Å². The number of aromatic nitrogens is 2. The SMILES string of the molecule is CC(C)c1nnc(NC(=O)COc2ccccc2O)s1. The van der Waals surface area contributed by atoms with E-state index in [9.17, 15) is 9.90 Å². The Hall–Kier alpha value is -2.15. The number of hydrogen-bond acceptors (Lipinski definition) is 6. The third-order valence-corrected chi connectivity index (χ3v) is 3.54. The number of carbonyl (C=O) groups excluding carboxylic acids is 1. The first-order valence-corrected chi connectivity index (χ1v) is 6.92. The molecule has 0 bridgehead atoms. The van der Waals surface area contributed by atoms with Crippen LogP contribution in [0, 0.1) is 0 Å². The standard InChI is InChI=1S/C13H15N3O3S/c1-8(2)12-15-16-13(20-12)14-11(18)7-19-10-6-4-3-5-9(10)17/h3-6,8,17H,7H2,1-2H3,(H,14,16,18). The van der Waals surface area contributed by atoms with Crippen LogP contribution in [0.4, 0.5) is 5.13 Å². The van der Waals surface area contributed by atoms with Crippen LogP contribution in [0.3, 0.4) is 0 Å². The molecule has 1 heterocycles. The summed E-state index contributed by atoms with van der Waals surface area (Å²) in [7, 11) is 0. The maximum Gasteiger partial charge on any atom is 0.264 e. The van der Waals surface area contributed by atoms with Crippen LogP contribution >= 0.6 is 11.3 Å². The summed E-state index contributed by atoms with van der Waals surface area (Å²) in [5, 5.41) is 21.3. The summed E-state index contributed by atoms with van der Waals surface area (Å²) < 4.78 is 5.22. The monoisotopic (exact) mass is 293 g/mol. The normalized spacial score (nSPS) is 10.6. The largest absolute Gasteiger partial charge is 0.504 e. The van der Waals surface area contributed by atoms with E-state index in [2.05, 4.69) is 15.5 Å². The Morgan fingerprint density at radius 1 is 1.40 bits per heavy atom. The topological polar surface area (TPSA) is 84.3 Å². The molecule has 0 aliphatic heterocycles. The maximum atomic E-state index is 11.7. The lowest BCUT2D eigenvalue weighted by atomic mass is 10.2. The van der Waals surface area contributed by atoms with Crippen LogP contribution in [0.2, 0.25) is 0 Å². The number of rotatable bonds is 5. The third-order valence-electron chi connectivity index (χ3n) is 2.40. The molecule has 20 heavy (non-hydrogen) atoms. The molecule has 1 amide bonds. The molecule has 0 fully saturated rings. The van der Waals surface area contributed by atoms with Crippen molar-refractivity contribution in [1.82, 2.24) is 10.2 Å². The van der Waals surface area contributed by atoms with Gasteiger partial charge in [-0.25, -0.2) is 0 Å². The summed E-state index contributed by atoms with van der Waals surface area (Å²) in [4.78, 5) is 11.7. The summed E-state index contributed by atoms with van der Waals surface area (Å²) in [5.74, 6) is 0.191. The maximum absolute atomic E-state index is 11.7. The number of anilines is 1. The minimum absolute atomic E-state index is 0.00157. The molecule has 1 aromatic heterocycles. The smallest absolute Gasteiger partial charge is 0.264 e. The summed E-state index contributed by atoms with van der Waals surface area (Å²) in [6.07, 6.45) is 0. The minimum Gasteiger partial charge on any atom is -0.504 e. The summed E-state index contributed by atoms with van der Waals surface area (Å²) in [5.41, 5.74) is 0. The fourth-order valence-electron chi connectivity index (χ4n) is 1.40. The first-order chi connectivity index (χ1) is 9.56. The number of carbonyl (C=O) groups is 1. The Balaban J connectivity index is 1.88. The van der Waals surface area contributed by atoms with Crippen LogP contribution in [-0.4, -0.2) is 27.8 Å². The van der Waals surface area contributed by atoms with E-state index in [0.717, 1.165) is 5.01 Å². The van der Waals surface area contributed by atoms with Crippen molar-refractivity contribution >= 4 is 22.4 Å². The fourth-order valence-corrected chi connectivity index (χ4v) is 2.16. The Bertz CT molecular complexity index is 598. The lowest BCUT2D eigenvalue weighted by molar-refractivity contribution is -0.118. The van der Waals surface area contributed by atoms with Crippen molar-refractivity contribution in [3.8, 4) is 11.5 Å². The number of phenolic OH excluding ortho intramolecular Hbond substituents is 1. The van der Waals surface area contributed by atoms with Crippen molar-refractivity contribution in [2.45, 2.75) is 19.8 Å². The zero-order valence-corrected chi connectivity index (χ0v) is 12.0. The number of nitrogens with one attached hydrogen (secondary N) is 1. The van der Waals surface area contributed by atoms with Gasteiger partial charge in [-0.3, -0.25) is 10.1 Å². The Morgan fingerprint density at radius 2 is 2.15 bits per heavy atom. The number of nitrogens with zero attached hydrogens (tertiary/aromatic N) is 2. The van der Waals surface area contributed by atoms with Gasteiger partial charge in [-0.05, 0) is 12.1 Å². The summed E-state index contributed by atoms with van der Waals surface area (Å²) in [6.45, 7) is 3.81. The third kappa shape index (κ3) is 3.67. The Kier molecular flexibility index (Phi) is 4.52. The van der Waals surface area contributed by atoms with Gasteiger partial charge < -0.3 is 9.84 Å². The average molecular weight is 293 g/mol. The predicted molar refractivity (Wildman–Crippen MR) is 76.2 cm³/mol. The number of aromatic hydroxyl groups is 1. The first kappa shape index (κ1) is 14.3. The summed E-state index contributed by atoms with van der Waals surface area (Å²) in [6, 6.07) is 6.47. The van der Waals surface area contributed by atoms with Gasteiger partial charge in [0.1, 0.15) is 5.01 Å². The molecule has 0 radical (unpaired) electrons. The van der Waals surface area contributed by atoms with Gasteiger partial charge in [-0.15, -0.1) is 10.2 Å². The quantitative estimate of drug-likeness (QED) is 0.884. The van der Waals surface area contributed by atoms with Gasteiger partial charge in [0.2, 0.25) is 5.13 Å². The predicted octanol–water partition coefficient (Wildman–Crippen LogP) is 2.38. The van der Waals surface area contributed by atoms with Crippen LogP contribution in [0.25, 0.3) is 0 Å². The van der Waals surface area contributed by atoms with Gasteiger partial charge >= 0.3 is 0 Å². The molecule has 0 aliphatic rings. The zero-order valence-electron chi connectivity index (χ0n) is 11.2. The van der Waals surface area contributed by atoms with Crippen molar-refractivity contribution in [2.75, 3.05) is 11.9 Å². The van der Waals surface area contributed by atoms with Crippen LogP contribution in [0.1, 0.15) is 24.8 Å².